The molecule has 0 radical (unpaired) electrons. The van der Waals surface area contributed by atoms with Gasteiger partial charge < -0.3 is 14.9 Å². The number of carbonyl (C=O) groups is 1. The fourth-order valence-electron chi connectivity index (χ4n) is 4.63. The molecule has 1 heterocycles. The highest BCUT2D eigenvalue weighted by atomic mass is 19.1. The lowest BCUT2D eigenvalue weighted by atomic mass is 9.93. The summed E-state index contributed by atoms with van der Waals surface area (Å²) in [6, 6.07) is 21.1. The van der Waals surface area contributed by atoms with E-state index in [2.05, 4.69) is 23.8 Å². The van der Waals surface area contributed by atoms with E-state index in [0.29, 0.717) is 17.3 Å². The van der Waals surface area contributed by atoms with Crippen LogP contribution in [0.4, 0.5) is 10.1 Å². The maximum absolute atomic E-state index is 13.3. The van der Waals surface area contributed by atoms with Crippen molar-refractivity contribution in [2.45, 2.75) is 19.0 Å². The first-order valence-corrected chi connectivity index (χ1v) is 11.2. The van der Waals surface area contributed by atoms with Crippen LogP contribution in [0.5, 0.6) is 5.75 Å². The van der Waals surface area contributed by atoms with Gasteiger partial charge in [-0.3, -0.25) is 9.69 Å². The molecule has 0 saturated carbocycles. The molecule has 1 N–H and O–H groups in total. The standard InChI is InChI=1S/C27H30FN3O2/c1-19-18-29(2)14-15-31(19)26(21-7-5-9-25(32)17-21)20-6-4-8-22(16-20)27(33)30(3)24-12-10-23(28)11-13-24/h4-13,16-17,19,26,32H,14-15,18H2,1-3H3. The van der Waals surface area contributed by atoms with Crippen LogP contribution in [-0.4, -0.2) is 60.6 Å². The van der Waals surface area contributed by atoms with E-state index >= 15 is 0 Å². The van der Waals surface area contributed by atoms with E-state index in [1.54, 1.807) is 37.4 Å². The number of hydrogen-bond acceptors (Lipinski definition) is 4. The van der Waals surface area contributed by atoms with Gasteiger partial charge in [-0.25, -0.2) is 4.39 Å². The summed E-state index contributed by atoms with van der Waals surface area (Å²) in [5.74, 6) is -0.274. The average Bonchev–Trinajstić information content (AvgIpc) is 2.80. The third-order valence-corrected chi connectivity index (χ3v) is 6.37. The number of rotatable bonds is 5. The van der Waals surface area contributed by atoms with Crippen molar-refractivity contribution in [1.82, 2.24) is 9.80 Å². The molecule has 5 nitrogen and oxygen atoms in total. The van der Waals surface area contributed by atoms with Crippen molar-refractivity contribution in [3.63, 3.8) is 0 Å². The van der Waals surface area contributed by atoms with E-state index < -0.39 is 0 Å². The van der Waals surface area contributed by atoms with E-state index in [4.69, 9.17) is 0 Å². The summed E-state index contributed by atoms with van der Waals surface area (Å²) in [4.78, 5) is 19.5. The number of amides is 1. The van der Waals surface area contributed by atoms with Gasteiger partial charge in [-0.1, -0.05) is 24.3 Å². The number of likely N-dealkylation sites (N-methyl/N-ethyl adjacent to an activating group) is 1. The summed E-state index contributed by atoms with van der Waals surface area (Å²) in [6.45, 7) is 4.99. The van der Waals surface area contributed by atoms with Gasteiger partial charge in [-0.15, -0.1) is 0 Å². The van der Waals surface area contributed by atoms with E-state index in [-0.39, 0.29) is 23.5 Å². The molecule has 1 aliphatic rings. The second-order valence-corrected chi connectivity index (χ2v) is 8.81. The van der Waals surface area contributed by atoms with Crippen molar-refractivity contribution < 1.29 is 14.3 Å². The van der Waals surface area contributed by atoms with Gasteiger partial charge in [0.2, 0.25) is 0 Å². The minimum absolute atomic E-state index is 0.0929. The van der Waals surface area contributed by atoms with Crippen LogP contribution in [0, 0.1) is 5.82 Å². The molecule has 2 atom stereocenters. The highest BCUT2D eigenvalue weighted by Crippen LogP contribution is 2.34. The Hall–Kier alpha value is -3.22. The molecule has 3 aromatic carbocycles. The topological polar surface area (TPSA) is 47.0 Å². The zero-order valence-electron chi connectivity index (χ0n) is 19.3. The first-order chi connectivity index (χ1) is 15.8. The Morgan fingerprint density at radius 3 is 2.36 bits per heavy atom. The molecule has 1 fully saturated rings. The Kier molecular flexibility index (Phi) is 6.77. The van der Waals surface area contributed by atoms with Crippen LogP contribution in [0.2, 0.25) is 0 Å². The van der Waals surface area contributed by atoms with Gasteiger partial charge in [0.15, 0.2) is 0 Å². The van der Waals surface area contributed by atoms with Crippen LogP contribution in [-0.2, 0) is 0 Å². The fourth-order valence-corrected chi connectivity index (χ4v) is 4.63. The second-order valence-electron chi connectivity index (χ2n) is 8.81. The van der Waals surface area contributed by atoms with Crippen LogP contribution in [0.15, 0.2) is 72.8 Å². The van der Waals surface area contributed by atoms with Gasteiger partial charge in [0, 0.05) is 44.0 Å². The number of nitrogens with zero attached hydrogens (tertiary/aromatic N) is 3. The first-order valence-electron chi connectivity index (χ1n) is 11.2. The molecule has 0 aliphatic carbocycles. The Morgan fingerprint density at radius 2 is 1.70 bits per heavy atom. The molecule has 1 saturated heterocycles. The van der Waals surface area contributed by atoms with E-state index in [9.17, 15) is 14.3 Å². The van der Waals surface area contributed by atoms with Gasteiger partial charge in [-0.05, 0) is 73.6 Å². The average molecular weight is 448 g/mol. The maximum atomic E-state index is 13.3. The minimum Gasteiger partial charge on any atom is -0.508 e. The first kappa shape index (κ1) is 23.0. The van der Waals surface area contributed by atoms with Gasteiger partial charge >= 0.3 is 0 Å². The summed E-state index contributed by atoms with van der Waals surface area (Å²) < 4.78 is 13.3. The molecule has 172 valence electrons. The quantitative estimate of drug-likeness (QED) is 0.624. The third kappa shape index (κ3) is 5.07. The zero-order chi connectivity index (χ0) is 23.5. The highest BCUT2D eigenvalue weighted by molar-refractivity contribution is 6.05. The van der Waals surface area contributed by atoms with Crippen molar-refractivity contribution in [1.29, 1.82) is 0 Å². The minimum atomic E-state index is -0.336. The van der Waals surface area contributed by atoms with Crippen molar-refractivity contribution in [3.8, 4) is 5.75 Å². The third-order valence-electron chi connectivity index (χ3n) is 6.37. The molecule has 2 unspecified atom stereocenters. The van der Waals surface area contributed by atoms with E-state index in [1.807, 2.05) is 30.3 Å². The van der Waals surface area contributed by atoms with Crippen molar-refractivity contribution in [3.05, 3.63) is 95.3 Å². The predicted molar refractivity (Wildman–Crippen MR) is 129 cm³/mol. The second kappa shape index (κ2) is 9.73. The lowest BCUT2D eigenvalue weighted by molar-refractivity contribution is 0.0746. The number of piperazine rings is 1. The van der Waals surface area contributed by atoms with Gasteiger partial charge in [0.05, 0.1) is 6.04 Å². The molecule has 0 bridgehead atoms. The molecule has 1 aliphatic heterocycles. The predicted octanol–water partition coefficient (Wildman–Crippen LogP) is 4.53. The van der Waals surface area contributed by atoms with Crippen LogP contribution in [0.3, 0.4) is 0 Å². The molecule has 0 aromatic heterocycles. The Morgan fingerprint density at radius 1 is 1.03 bits per heavy atom. The molecule has 4 rings (SSSR count). The maximum Gasteiger partial charge on any atom is 0.258 e. The number of anilines is 1. The summed E-state index contributed by atoms with van der Waals surface area (Å²) in [5.41, 5.74) is 3.17. The molecule has 6 heteroatoms. The van der Waals surface area contributed by atoms with Crippen molar-refractivity contribution >= 4 is 11.6 Å². The Bertz CT molecular complexity index is 1120. The number of benzene rings is 3. The number of halogens is 1. The van der Waals surface area contributed by atoms with E-state index in [1.165, 1.54) is 17.0 Å². The van der Waals surface area contributed by atoms with Gasteiger partial charge in [0.25, 0.3) is 5.91 Å². The number of phenolic OH excluding ortho intramolecular Hbond substituents is 1. The summed E-state index contributed by atoms with van der Waals surface area (Å²) in [5, 5.41) is 10.2. The molecule has 3 aromatic rings. The summed E-state index contributed by atoms with van der Waals surface area (Å²) in [6.07, 6.45) is 0. The SMILES string of the molecule is CC1CN(C)CCN1C(c1cccc(O)c1)c1cccc(C(=O)N(C)c2ccc(F)cc2)c1. The van der Waals surface area contributed by atoms with Gasteiger partial charge in [0.1, 0.15) is 11.6 Å². The van der Waals surface area contributed by atoms with Crippen LogP contribution < -0.4 is 4.90 Å². The molecular weight excluding hydrogens is 417 g/mol. The molecule has 0 spiro atoms. The van der Waals surface area contributed by atoms with Crippen molar-refractivity contribution in [2.75, 3.05) is 38.6 Å². The van der Waals surface area contributed by atoms with Crippen LogP contribution in [0.25, 0.3) is 0 Å². The van der Waals surface area contributed by atoms with Crippen LogP contribution in [0.1, 0.15) is 34.5 Å². The highest BCUT2D eigenvalue weighted by Gasteiger charge is 2.31. The van der Waals surface area contributed by atoms with Crippen LogP contribution >= 0.6 is 0 Å². The fraction of sp³-hybridized carbons (Fsp3) is 0.296. The zero-order valence-corrected chi connectivity index (χ0v) is 19.3. The Balaban J connectivity index is 1.70. The number of carbonyl (C=O) groups excluding carboxylic acids is 1. The molecule has 33 heavy (non-hydrogen) atoms. The van der Waals surface area contributed by atoms with Crippen molar-refractivity contribution in [2.24, 2.45) is 0 Å². The number of phenols is 1. The molecular formula is C27H30FN3O2. The smallest absolute Gasteiger partial charge is 0.258 e. The lowest BCUT2D eigenvalue weighted by Gasteiger charge is -2.43. The normalized spacial score (nSPS) is 18.1. The monoisotopic (exact) mass is 447 g/mol. The Labute approximate surface area is 194 Å². The summed E-state index contributed by atoms with van der Waals surface area (Å²) >= 11 is 0. The van der Waals surface area contributed by atoms with E-state index in [0.717, 1.165) is 30.8 Å². The number of hydrogen-bond donors (Lipinski definition) is 1. The van der Waals surface area contributed by atoms with Gasteiger partial charge in [-0.2, -0.15) is 0 Å². The largest absolute Gasteiger partial charge is 0.508 e. The summed E-state index contributed by atoms with van der Waals surface area (Å²) in [7, 11) is 3.82. The number of aromatic hydroxyl groups is 1. The molecule has 1 amide bonds. The lowest BCUT2D eigenvalue weighted by Crippen LogP contribution is -2.51.